The van der Waals surface area contributed by atoms with E-state index in [0.29, 0.717) is 17.7 Å². The molecular formula is C11H19N3OS. The van der Waals surface area contributed by atoms with Crippen molar-refractivity contribution in [2.75, 3.05) is 12.3 Å². The van der Waals surface area contributed by atoms with E-state index in [0.717, 1.165) is 5.82 Å². The number of aromatic nitrogens is 2. The molecule has 0 spiro atoms. The van der Waals surface area contributed by atoms with Crippen molar-refractivity contribution in [1.29, 1.82) is 0 Å². The first kappa shape index (κ1) is 11.8. The lowest BCUT2D eigenvalue weighted by molar-refractivity contribution is 0.000648. The van der Waals surface area contributed by atoms with E-state index in [1.807, 2.05) is 6.92 Å². The second kappa shape index (κ2) is 5.59. The molecule has 16 heavy (non-hydrogen) atoms. The zero-order valence-electron chi connectivity index (χ0n) is 9.69. The van der Waals surface area contributed by atoms with Gasteiger partial charge in [0.05, 0.1) is 0 Å². The summed E-state index contributed by atoms with van der Waals surface area (Å²) in [5.41, 5.74) is 5.63. The summed E-state index contributed by atoms with van der Waals surface area (Å²) in [6, 6.07) is 0. The lowest BCUT2D eigenvalue weighted by atomic mass is 9.85. The van der Waals surface area contributed by atoms with Crippen molar-refractivity contribution in [3.63, 3.8) is 0 Å². The maximum absolute atomic E-state index is 5.81. The minimum absolute atomic E-state index is 0.0545. The molecule has 1 unspecified atom stereocenters. The predicted octanol–water partition coefficient (Wildman–Crippen LogP) is 2.78. The van der Waals surface area contributed by atoms with E-state index < -0.39 is 0 Å². The highest BCUT2D eigenvalue weighted by molar-refractivity contribution is 7.09. The van der Waals surface area contributed by atoms with Crippen LogP contribution in [0.4, 0.5) is 5.13 Å². The molecule has 1 atom stereocenters. The van der Waals surface area contributed by atoms with Gasteiger partial charge in [0, 0.05) is 18.1 Å². The predicted molar refractivity (Wildman–Crippen MR) is 65.3 cm³/mol. The lowest BCUT2D eigenvalue weighted by Crippen LogP contribution is -2.20. The van der Waals surface area contributed by atoms with Crippen LogP contribution < -0.4 is 5.73 Å². The highest BCUT2D eigenvalue weighted by Crippen LogP contribution is 2.36. The molecular weight excluding hydrogens is 222 g/mol. The molecule has 0 amide bonds. The number of ether oxygens (including phenoxy) is 1. The van der Waals surface area contributed by atoms with Crippen LogP contribution in [-0.2, 0) is 4.74 Å². The van der Waals surface area contributed by atoms with E-state index in [9.17, 15) is 0 Å². The molecule has 0 aromatic carbocycles. The van der Waals surface area contributed by atoms with Gasteiger partial charge in [-0.25, -0.2) is 4.98 Å². The number of hydrogen-bond acceptors (Lipinski definition) is 5. The van der Waals surface area contributed by atoms with Crippen LogP contribution in [0.5, 0.6) is 0 Å². The summed E-state index contributed by atoms with van der Waals surface area (Å²) in [5.74, 6) is 1.36. The fourth-order valence-electron chi connectivity index (χ4n) is 2.40. The van der Waals surface area contributed by atoms with Crippen LogP contribution in [0.2, 0.25) is 0 Å². The molecule has 5 heteroatoms. The lowest BCUT2D eigenvalue weighted by Gasteiger charge is -2.28. The van der Waals surface area contributed by atoms with Gasteiger partial charge in [0.15, 0.2) is 11.0 Å². The molecule has 2 rings (SSSR count). The SMILES string of the molecule is CCOC(c1nsc(N)n1)C1CCCCC1. The second-order valence-electron chi connectivity index (χ2n) is 4.26. The standard InChI is InChI=1S/C11H19N3OS/c1-2-15-9(8-6-4-3-5-7-8)10-13-11(12)16-14-10/h8-9H,2-7H2,1H3,(H2,12,13,14). The Kier molecular flexibility index (Phi) is 4.12. The Morgan fingerprint density at radius 2 is 2.19 bits per heavy atom. The van der Waals surface area contributed by atoms with Gasteiger partial charge in [-0.1, -0.05) is 19.3 Å². The van der Waals surface area contributed by atoms with Crippen LogP contribution in [0, 0.1) is 5.92 Å². The van der Waals surface area contributed by atoms with Gasteiger partial charge < -0.3 is 10.5 Å². The number of nitrogen functional groups attached to an aromatic ring is 1. The highest BCUT2D eigenvalue weighted by atomic mass is 32.1. The summed E-state index contributed by atoms with van der Waals surface area (Å²) in [4.78, 5) is 4.27. The van der Waals surface area contributed by atoms with Crippen LogP contribution in [0.1, 0.15) is 51.0 Å². The van der Waals surface area contributed by atoms with Crippen molar-refractivity contribution >= 4 is 16.7 Å². The molecule has 4 nitrogen and oxygen atoms in total. The van der Waals surface area contributed by atoms with Crippen LogP contribution in [-0.4, -0.2) is 16.0 Å². The number of rotatable bonds is 4. The van der Waals surface area contributed by atoms with E-state index in [4.69, 9.17) is 10.5 Å². The third kappa shape index (κ3) is 2.71. The zero-order chi connectivity index (χ0) is 11.4. The average molecular weight is 241 g/mol. The Morgan fingerprint density at radius 1 is 1.44 bits per heavy atom. The molecule has 0 aliphatic heterocycles. The molecule has 0 bridgehead atoms. The summed E-state index contributed by atoms with van der Waals surface area (Å²) in [6.07, 6.45) is 6.45. The van der Waals surface area contributed by atoms with Gasteiger partial charge in [-0.15, -0.1) is 0 Å². The van der Waals surface area contributed by atoms with Crippen molar-refractivity contribution in [1.82, 2.24) is 9.36 Å². The highest BCUT2D eigenvalue weighted by Gasteiger charge is 2.28. The normalized spacial score (nSPS) is 19.8. The van der Waals surface area contributed by atoms with Crippen LogP contribution >= 0.6 is 11.5 Å². The Bertz CT molecular complexity index is 323. The van der Waals surface area contributed by atoms with Gasteiger partial charge in [0.2, 0.25) is 0 Å². The molecule has 2 N–H and O–H groups in total. The smallest absolute Gasteiger partial charge is 0.200 e. The van der Waals surface area contributed by atoms with Gasteiger partial charge in [0.25, 0.3) is 0 Å². The number of nitrogens with two attached hydrogens (primary N) is 1. The van der Waals surface area contributed by atoms with Gasteiger partial charge in [-0.2, -0.15) is 4.37 Å². The van der Waals surface area contributed by atoms with E-state index in [1.54, 1.807) is 0 Å². The van der Waals surface area contributed by atoms with Crippen molar-refractivity contribution in [3.8, 4) is 0 Å². The Hall–Kier alpha value is -0.680. The summed E-state index contributed by atoms with van der Waals surface area (Å²) in [6.45, 7) is 2.73. The van der Waals surface area contributed by atoms with Gasteiger partial charge in [-0.05, 0) is 25.7 Å². The monoisotopic (exact) mass is 241 g/mol. The van der Waals surface area contributed by atoms with Gasteiger partial charge >= 0.3 is 0 Å². The van der Waals surface area contributed by atoms with E-state index >= 15 is 0 Å². The molecule has 1 aliphatic rings. The van der Waals surface area contributed by atoms with Crippen molar-refractivity contribution in [2.45, 2.75) is 45.1 Å². The van der Waals surface area contributed by atoms with Crippen LogP contribution in [0.25, 0.3) is 0 Å². The number of anilines is 1. The Morgan fingerprint density at radius 3 is 2.75 bits per heavy atom. The molecule has 90 valence electrons. The van der Waals surface area contributed by atoms with Crippen molar-refractivity contribution < 1.29 is 4.74 Å². The largest absolute Gasteiger partial charge is 0.374 e. The Labute approximate surface area is 100 Å². The average Bonchev–Trinajstić information content (AvgIpc) is 2.74. The third-order valence-electron chi connectivity index (χ3n) is 3.14. The molecule has 1 fully saturated rings. The van der Waals surface area contributed by atoms with Crippen molar-refractivity contribution in [2.24, 2.45) is 5.92 Å². The zero-order valence-corrected chi connectivity index (χ0v) is 10.5. The van der Waals surface area contributed by atoms with Crippen LogP contribution in [0.3, 0.4) is 0 Å². The van der Waals surface area contributed by atoms with Crippen molar-refractivity contribution in [3.05, 3.63) is 5.82 Å². The van der Waals surface area contributed by atoms with E-state index in [2.05, 4.69) is 9.36 Å². The maximum Gasteiger partial charge on any atom is 0.200 e. The second-order valence-corrected chi connectivity index (χ2v) is 5.05. The fourth-order valence-corrected chi connectivity index (χ4v) is 2.87. The third-order valence-corrected chi connectivity index (χ3v) is 3.69. The fraction of sp³-hybridized carbons (Fsp3) is 0.818. The first-order valence-corrected chi connectivity index (χ1v) is 6.79. The summed E-state index contributed by atoms with van der Waals surface area (Å²) < 4.78 is 10.1. The van der Waals surface area contributed by atoms with E-state index in [-0.39, 0.29) is 6.10 Å². The molecule has 0 saturated heterocycles. The molecule has 1 aromatic heterocycles. The topological polar surface area (TPSA) is 61.0 Å². The first-order valence-electron chi connectivity index (χ1n) is 6.02. The van der Waals surface area contributed by atoms with E-state index in [1.165, 1.54) is 43.6 Å². The maximum atomic E-state index is 5.81. The molecule has 1 saturated carbocycles. The summed E-state index contributed by atoms with van der Waals surface area (Å²) >= 11 is 1.26. The number of hydrogen-bond donors (Lipinski definition) is 1. The first-order chi connectivity index (χ1) is 7.81. The number of nitrogens with zero attached hydrogens (tertiary/aromatic N) is 2. The molecule has 1 aliphatic carbocycles. The minimum atomic E-state index is 0.0545. The summed E-state index contributed by atoms with van der Waals surface area (Å²) in [7, 11) is 0. The minimum Gasteiger partial charge on any atom is -0.374 e. The molecule has 1 heterocycles. The quantitative estimate of drug-likeness (QED) is 0.880. The van der Waals surface area contributed by atoms with Gasteiger partial charge in [-0.3, -0.25) is 0 Å². The van der Waals surface area contributed by atoms with Gasteiger partial charge in [0.1, 0.15) is 6.10 Å². The Balaban J connectivity index is 2.09. The summed E-state index contributed by atoms with van der Waals surface area (Å²) in [5, 5.41) is 0.538. The molecule has 0 radical (unpaired) electrons. The van der Waals surface area contributed by atoms with Crippen LogP contribution in [0.15, 0.2) is 0 Å². The molecule has 1 aromatic rings.